The molecule has 28 heavy (non-hydrogen) atoms. The molecule has 0 radical (unpaired) electrons. The molecule has 3 N–H and O–H groups in total. The fraction of sp³-hybridized carbons (Fsp3) is 0.176. The van der Waals surface area contributed by atoms with Gasteiger partial charge in [0.05, 0.1) is 10.5 Å². The lowest BCUT2D eigenvalue weighted by Gasteiger charge is -2.14. The number of carboxylic acids is 1. The first-order chi connectivity index (χ1) is 13.0. The van der Waals surface area contributed by atoms with Crippen molar-refractivity contribution < 1.29 is 36.3 Å². The number of carbonyl (C=O) groups excluding carboxylic acids is 1. The molecule has 1 aliphatic carbocycles. The summed E-state index contributed by atoms with van der Waals surface area (Å²) in [6.45, 7) is 0. The minimum Gasteiger partial charge on any atom is -0.480 e. The van der Waals surface area contributed by atoms with Crippen molar-refractivity contribution in [3.63, 3.8) is 0 Å². The maximum Gasteiger partial charge on any atom is 0.324 e. The Labute approximate surface area is 157 Å². The molecule has 0 saturated heterocycles. The molecule has 7 nitrogen and oxygen atoms in total. The average Bonchev–Trinajstić information content (AvgIpc) is 3.38. The van der Waals surface area contributed by atoms with Gasteiger partial charge in [-0.2, -0.15) is 4.72 Å². The second-order valence-corrected chi connectivity index (χ2v) is 7.90. The van der Waals surface area contributed by atoms with Gasteiger partial charge in [0.25, 0.3) is 5.91 Å². The SMILES string of the molecule is O=C(Nc1ccc(F)c(F)c1)c1cc(S(=O)(=O)NC2(C(=O)O)CC2)ccc1F. The van der Waals surface area contributed by atoms with Crippen molar-refractivity contribution in [3.8, 4) is 0 Å². The van der Waals surface area contributed by atoms with E-state index in [1.165, 1.54) is 0 Å². The molecule has 1 amide bonds. The number of hydrogen-bond donors (Lipinski definition) is 3. The number of sulfonamides is 1. The first-order valence-corrected chi connectivity index (χ1v) is 9.36. The van der Waals surface area contributed by atoms with E-state index in [2.05, 4.69) is 5.32 Å². The van der Waals surface area contributed by atoms with Gasteiger partial charge in [-0.1, -0.05) is 0 Å². The van der Waals surface area contributed by atoms with E-state index in [1.807, 2.05) is 4.72 Å². The molecule has 1 saturated carbocycles. The highest BCUT2D eigenvalue weighted by Crippen LogP contribution is 2.37. The molecule has 148 valence electrons. The van der Waals surface area contributed by atoms with Crippen LogP contribution in [0.5, 0.6) is 0 Å². The highest BCUT2D eigenvalue weighted by Gasteiger charge is 2.53. The van der Waals surface area contributed by atoms with E-state index in [1.54, 1.807) is 0 Å². The molecule has 11 heteroatoms. The second kappa shape index (κ2) is 6.91. The Hall–Kier alpha value is -2.92. The van der Waals surface area contributed by atoms with Crippen molar-refractivity contribution in [2.45, 2.75) is 23.3 Å². The van der Waals surface area contributed by atoms with Crippen LogP contribution in [0.4, 0.5) is 18.9 Å². The van der Waals surface area contributed by atoms with Crippen LogP contribution in [-0.4, -0.2) is 30.9 Å². The van der Waals surface area contributed by atoms with Gasteiger partial charge in [0.15, 0.2) is 11.6 Å². The van der Waals surface area contributed by atoms with E-state index in [0.717, 1.165) is 30.3 Å². The van der Waals surface area contributed by atoms with E-state index in [4.69, 9.17) is 5.11 Å². The summed E-state index contributed by atoms with van der Waals surface area (Å²) in [6, 6.07) is 4.81. The Morgan fingerprint density at radius 2 is 1.61 bits per heavy atom. The summed E-state index contributed by atoms with van der Waals surface area (Å²) in [6.07, 6.45) is 0.207. The van der Waals surface area contributed by atoms with Gasteiger partial charge < -0.3 is 10.4 Å². The quantitative estimate of drug-likeness (QED) is 0.671. The molecule has 0 aliphatic heterocycles. The standard InChI is InChI=1S/C17H13F3N2O5S/c18-12-4-2-10(28(26,27)22-17(5-6-17)16(24)25)8-11(12)15(23)21-9-1-3-13(19)14(20)7-9/h1-4,7-8,22H,5-6H2,(H,21,23)(H,24,25). The van der Waals surface area contributed by atoms with Crippen LogP contribution in [0.1, 0.15) is 23.2 Å². The number of anilines is 1. The zero-order valence-electron chi connectivity index (χ0n) is 14.0. The monoisotopic (exact) mass is 414 g/mol. The number of aliphatic carboxylic acids is 1. The van der Waals surface area contributed by atoms with Gasteiger partial charge in [-0.05, 0) is 43.2 Å². The summed E-state index contributed by atoms with van der Waals surface area (Å²) in [5.74, 6) is -5.87. The molecule has 2 aromatic rings. The van der Waals surface area contributed by atoms with Crippen LogP contribution < -0.4 is 10.0 Å². The molecule has 0 spiro atoms. The van der Waals surface area contributed by atoms with Crippen molar-refractivity contribution >= 4 is 27.6 Å². The van der Waals surface area contributed by atoms with Gasteiger partial charge in [-0.3, -0.25) is 9.59 Å². The molecule has 0 aromatic heterocycles. The molecule has 0 bridgehead atoms. The van der Waals surface area contributed by atoms with Gasteiger partial charge in [0.2, 0.25) is 10.0 Å². The van der Waals surface area contributed by atoms with E-state index >= 15 is 0 Å². The number of nitrogens with one attached hydrogen (secondary N) is 2. The largest absolute Gasteiger partial charge is 0.480 e. The topological polar surface area (TPSA) is 113 Å². The number of halogens is 3. The third kappa shape index (κ3) is 3.85. The molecule has 1 fully saturated rings. The number of carbonyl (C=O) groups is 2. The Balaban J connectivity index is 1.87. The van der Waals surface area contributed by atoms with Crippen molar-refractivity contribution in [2.24, 2.45) is 0 Å². The Bertz CT molecular complexity index is 1080. The minimum atomic E-state index is -4.35. The van der Waals surface area contributed by atoms with Gasteiger partial charge in [0.1, 0.15) is 11.4 Å². The molecule has 0 atom stereocenters. The highest BCUT2D eigenvalue weighted by molar-refractivity contribution is 7.89. The number of amides is 1. The van der Waals surface area contributed by atoms with E-state index in [9.17, 15) is 31.2 Å². The van der Waals surface area contributed by atoms with Crippen LogP contribution in [-0.2, 0) is 14.8 Å². The van der Waals surface area contributed by atoms with Gasteiger partial charge in [-0.15, -0.1) is 0 Å². The number of benzene rings is 2. The van der Waals surface area contributed by atoms with Crippen molar-refractivity contribution in [3.05, 3.63) is 59.4 Å². The van der Waals surface area contributed by atoms with E-state index in [-0.39, 0.29) is 18.5 Å². The molecular formula is C17H13F3N2O5S. The molecule has 2 aromatic carbocycles. The van der Waals surface area contributed by atoms with E-state index in [0.29, 0.717) is 6.07 Å². The summed E-state index contributed by atoms with van der Waals surface area (Å²) in [5, 5.41) is 11.2. The third-order valence-electron chi connectivity index (χ3n) is 4.16. The lowest BCUT2D eigenvalue weighted by molar-refractivity contribution is -0.140. The van der Waals surface area contributed by atoms with E-state index < -0.39 is 55.3 Å². The molecule has 0 unspecified atom stereocenters. The lowest BCUT2D eigenvalue weighted by atomic mass is 10.2. The number of hydrogen-bond acceptors (Lipinski definition) is 4. The molecular weight excluding hydrogens is 401 g/mol. The van der Waals surface area contributed by atoms with Crippen LogP contribution in [0.15, 0.2) is 41.3 Å². The average molecular weight is 414 g/mol. The summed E-state index contributed by atoms with van der Waals surface area (Å²) >= 11 is 0. The van der Waals surface area contributed by atoms with Crippen molar-refractivity contribution in [1.29, 1.82) is 0 Å². The van der Waals surface area contributed by atoms with Gasteiger partial charge in [0, 0.05) is 11.8 Å². The Morgan fingerprint density at radius 1 is 0.964 bits per heavy atom. The highest BCUT2D eigenvalue weighted by atomic mass is 32.2. The summed E-state index contributed by atoms with van der Waals surface area (Å²) in [4.78, 5) is 22.9. The van der Waals surface area contributed by atoms with Crippen LogP contribution in [0, 0.1) is 17.5 Å². The van der Waals surface area contributed by atoms with Crippen molar-refractivity contribution in [2.75, 3.05) is 5.32 Å². The Kier molecular flexibility index (Phi) is 4.90. The van der Waals surface area contributed by atoms with Crippen LogP contribution in [0.2, 0.25) is 0 Å². The third-order valence-corrected chi connectivity index (χ3v) is 5.69. The summed E-state index contributed by atoms with van der Waals surface area (Å²) in [7, 11) is -4.35. The zero-order valence-corrected chi connectivity index (χ0v) is 14.8. The fourth-order valence-electron chi connectivity index (χ4n) is 2.42. The summed E-state index contributed by atoms with van der Waals surface area (Å²) in [5.41, 5.74) is -2.45. The van der Waals surface area contributed by atoms with Crippen LogP contribution in [0.25, 0.3) is 0 Å². The number of carboxylic acid groups (broad SMARTS) is 1. The van der Waals surface area contributed by atoms with Crippen LogP contribution >= 0.6 is 0 Å². The predicted octanol–water partition coefficient (Wildman–Crippen LogP) is 2.25. The normalized spacial score (nSPS) is 15.1. The maximum atomic E-state index is 14.0. The predicted molar refractivity (Wildman–Crippen MR) is 90.6 cm³/mol. The Morgan fingerprint density at radius 3 is 2.18 bits per heavy atom. The smallest absolute Gasteiger partial charge is 0.324 e. The zero-order chi connectivity index (χ0) is 20.7. The molecule has 1 aliphatic rings. The van der Waals surface area contributed by atoms with Gasteiger partial charge >= 0.3 is 5.97 Å². The first kappa shape index (κ1) is 19.8. The van der Waals surface area contributed by atoms with Crippen molar-refractivity contribution in [1.82, 2.24) is 4.72 Å². The maximum absolute atomic E-state index is 14.0. The fourth-order valence-corrected chi connectivity index (χ4v) is 3.86. The first-order valence-electron chi connectivity index (χ1n) is 7.87. The minimum absolute atomic E-state index is 0.103. The second-order valence-electron chi connectivity index (χ2n) is 6.22. The van der Waals surface area contributed by atoms with Crippen LogP contribution in [0.3, 0.4) is 0 Å². The molecule has 0 heterocycles. The lowest BCUT2D eigenvalue weighted by Crippen LogP contribution is -2.43. The number of rotatable bonds is 6. The summed E-state index contributed by atoms with van der Waals surface area (Å²) < 4.78 is 67.0. The van der Waals surface area contributed by atoms with Gasteiger partial charge in [-0.25, -0.2) is 21.6 Å². The molecule has 3 rings (SSSR count).